The maximum Gasteiger partial charge on any atom is 0.127 e. The lowest BCUT2D eigenvalue weighted by Gasteiger charge is -2.08. The minimum absolute atomic E-state index is 0.956. The Labute approximate surface area is 119 Å². The molecule has 0 aliphatic heterocycles. The standard InChI is InChI=1S/C16H20N2S/c1-4-8-17-16-11-14(7-9-18-16)19-15-10-12(2)5-6-13(15)3/h5-7,9-11H,4,8H2,1-3H3,(H,17,18). The highest BCUT2D eigenvalue weighted by molar-refractivity contribution is 7.99. The van der Waals surface area contributed by atoms with Crippen molar-refractivity contribution in [1.29, 1.82) is 0 Å². The summed E-state index contributed by atoms with van der Waals surface area (Å²) in [7, 11) is 0. The molecule has 19 heavy (non-hydrogen) atoms. The van der Waals surface area contributed by atoms with Crippen LogP contribution in [0.5, 0.6) is 0 Å². The first-order valence-corrected chi connectivity index (χ1v) is 7.45. The number of pyridine rings is 1. The van der Waals surface area contributed by atoms with E-state index in [-0.39, 0.29) is 0 Å². The number of aryl methyl sites for hydroxylation is 2. The molecule has 2 nitrogen and oxygen atoms in total. The minimum Gasteiger partial charge on any atom is -0.370 e. The van der Waals surface area contributed by atoms with Gasteiger partial charge in [0.25, 0.3) is 0 Å². The van der Waals surface area contributed by atoms with E-state index in [0.29, 0.717) is 0 Å². The Morgan fingerprint density at radius 1 is 1.16 bits per heavy atom. The van der Waals surface area contributed by atoms with Gasteiger partial charge in [0.2, 0.25) is 0 Å². The van der Waals surface area contributed by atoms with Crippen molar-refractivity contribution in [2.75, 3.05) is 11.9 Å². The molecule has 1 aromatic carbocycles. The van der Waals surface area contributed by atoms with Gasteiger partial charge in [0, 0.05) is 22.5 Å². The Morgan fingerprint density at radius 2 is 2.00 bits per heavy atom. The fourth-order valence-electron chi connectivity index (χ4n) is 1.77. The van der Waals surface area contributed by atoms with Crippen molar-refractivity contribution < 1.29 is 0 Å². The molecule has 0 atom stereocenters. The number of anilines is 1. The van der Waals surface area contributed by atoms with E-state index in [0.717, 1.165) is 18.8 Å². The van der Waals surface area contributed by atoms with E-state index in [4.69, 9.17) is 0 Å². The molecule has 1 heterocycles. The highest BCUT2D eigenvalue weighted by Crippen LogP contribution is 2.31. The summed E-state index contributed by atoms with van der Waals surface area (Å²) in [5.74, 6) is 0.956. The number of benzene rings is 1. The zero-order valence-electron chi connectivity index (χ0n) is 11.7. The summed E-state index contributed by atoms with van der Waals surface area (Å²) in [5.41, 5.74) is 2.61. The van der Waals surface area contributed by atoms with Crippen LogP contribution in [0.15, 0.2) is 46.3 Å². The van der Waals surface area contributed by atoms with Gasteiger partial charge in [0.05, 0.1) is 0 Å². The maximum atomic E-state index is 4.33. The van der Waals surface area contributed by atoms with Crippen LogP contribution in [0.3, 0.4) is 0 Å². The lowest BCUT2D eigenvalue weighted by molar-refractivity contribution is 0.967. The Hall–Kier alpha value is -1.48. The molecule has 3 heteroatoms. The van der Waals surface area contributed by atoms with Crippen molar-refractivity contribution in [3.8, 4) is 0 Å². The molecule has 100 valence electrons. The van der Waals surface area contributed by atoms with E-state index in [9.17, 15) is 0 Å². The summed E-state index contributed by atoms with van der Waals surface area (Å²) in [6.07, 6.45) is 2.97. The molecule has 1 N–H and O–H groups in total. The van der Waals surface area contributed by atoms with Gasteiger partial charge in [-0.3, -0.25) is 0 Å². The molecule has 2 rings (SSSR count). The zero-order chi connectivity index (χ0) is 13.7. The molecule has 0 saturated carbocycles. The molecule has 0 spiro atoms. The lowest BCUT2D eigenvalue weighted by Crippen LogP contribution is -2.01. The first-order valence-electron chi connectivity index (χ1n) is 6.64. The fraction of sp³-hybridized carbons (Fsp3) is 0.312. The van der Waals surface area contributed by atoms with E-state index in [1.807, 2.05) is 6.20 Å². The van der Waals surface area contributed by atoms with Crippen molar-refractivity contribution >= 4 is 17.6 Å². The van der Waals surface area contributed by atoms with Gasteiger partial charge in [-0.25, -0.2) is 4.98 Å². The zero-order valence-corrected chi connectivity index (χ0v) is 12.6. The van der Waals surface area contributed by atoms with Gasteiger partial charge >= 0.3 is 0 Å². The van der Waals surface area contributed by atoms with Crippen molar-refractivity contribution in [2.45, 2.75) is 37.0 Å². The number of hydrogen-bond donors (Lipinski definition) is 1. The second kappa shape index (κ2) is 6.62. The highest BCUT2D eigenvalue weighted by atomic mass is 32.2. The van der Waals surface area contributed by atoms with E-state index in [1.165, 1.54) is 20.9 Å². The first-order chi connectivity index (χ1) is 9.19. The van der Waals surface area contributed by atoms with Crippen LogP contribution in [0.25, 0.3) is 0 Å². The minimum atomic E-state index is 0.956. The average Bonchev–Trinajstić information content (AvgIpc) is 2.41. The smallest absolute Gasteiger partial charge is 0.127 e. The van der Waals surface area contributed by atoms with Crippen LogP contribution in [0.2, 0.25) is 0 Å². The molecule has 0 aliphatic rings. The molecule has 1 aromatic heterocycles. The van der Waals surface area contributed by atoms with Crippen molar-refractivity contribution in [1.82, 2.24) is 4.98 Å². The van der Waals surface area contributed by atoms with Crippen LogP contribution in [0.4, 0.5) is 5.82 Å². The molecule has 0 amide bonds. The number of rotatable bonds is 5. The molecule has 0 fully saturated rings. The van der Waals surface area contributed by atoms with Gasteiger partial charge in [-0.05, 0) is 49.6 Å². The second-order valence-electron chi connectivity index (χ2n) is 4.67. The normalized spacial score (nSPS) is 10.5. The third-order valence-corrected chi connectivity index (χ3v) is 4.01. The SMILES string of the molecule is CCCNc1cc(Sc2cc(C)ccc2C)ccn1. The molecular weight excluding hydrogens is 252 g/mol. The number of nitrogens with one attached hydrogen (secondary N) is 1. The molecule has 0 bridgehead atoms. The Balaban J connectivity index is 2.16. The molecule has 0 radical (unpaired) electrons. The predicted molar refractivity (Wildman–Crippen MR) is 83.1 cm³/mol. The Morgan fingerprint density at radius 3 is 2.79 bits per heavy atom. The van der Waals surface area contributed by atoms with Crippen LogP contribution >= 0.6 is 11.8 Å². The second-order valence-corrected chi connectivity index (χ2v) is 5.79. The quantitative estimate of drug-likeness (QED) is 0.856. The third kappa shape index (κ3) is 4.00. The number of hydrogen-bond acceptors (Lipinski definition) is 3. The summed E-state index contributed by atoms with van der Waals surface area (Å²) < 4.78 is 0. The van der Waals surface area contributed by atoms with Gasteiger partial charge in [-0.15, -0.1) is 0 Å². The van der Waals surface area contributed by atoms with Gasteiger partial charge in [-0.2, -0.15) is 0 Å². The summed E-state index contributed by atoms with van der Waals surface area (Å²) in [6, 6.07) is 10.7. The summed E-state index contributed by atoms with van der Waals surface area (Å²) in [5, 5.41) is 3.32. The first kappa shape index (κ1) is 13.9. The summed E-state index contributed by atoms with van der Waals surface area (Å²) in [6.45, 7) is 7.40. The largest absolute Gasteiger partial charge is 0.370 e. The van der Waals surface area contributed by atoms with Crippen LogP contribution < -0.4 is 5.32 Å². The average molecular weight is 272 g/mol. The monoisotopic (exact) mass is 272 g/mol. The third-order valence-electron chi connectivity index (χ3n) is 2.86. The van der Waals surface area contributed by atoms with Gasteiger partial charge < -0.3 is 5.32 Å². The molecule has 0 unspecified atom stereocenters. The van der Waals surface area contributed by atoms with Crippen molar-refractivity contribution in [3.05, 3.63) is 47.7 Å². The summed E-state index contributed by atoms with van der Waals surface area (Å²) >= 11 is 1.80. The predicted octanol–water partition coefficient (Wildman–Crippen LogP) is 4.67. The van der Waals surface area contributed by atoms with Gasteiger partial charge in [0.15, 0.2) is 0 Å². The van der Waals surface area contributed by atoms with Gasteiger partial charge in [0.1, 0.15) is 5.82 Å². The molecule has 0 aliphatic carbocycles. The van der Waals surface area contributed by atoms with E-state index in [1.54, 1.807) is 11.8 Å². The van der Waals surface area contributed by atoms with Crippen LogP contribution in [-0.4, -0.2) is 11.5 Å². The molecule has 0 saturated heterocycles. The lowest BCUT2D eigenvalue weighted by atomic mass is 10.2. The molecule has 2 aromatic rings. The summed E-state index contributed by atoms with van der Waals surface area (Å²) in [4.78, 5) is 6.87. The molecular formula is C16H20N2S. The van der Waals surface area contributed by atoms with Crippen molar-refractivity contribution in [2.24, 2.45) is 0 Å². The van der Waals surface area contributed by atoms with E-state index < -0.39 is 0 Å². The van der Waals surface area contributed by atoms with Gasteiger partial charge in [-0.1, -0.05) is 30.8 Å². The maximum absolute atomic E-state index is 4.33. The van der Waals surface area contributed by atoms with Crippen LogP contribution in [0.1, 0.15) is 24.5 Å². The van der Waals surface area contributed by atoms with Crippen LogP contribution in [-0.2, 0) is 0 Å². The Kier molecular flexibility index (Phi) is 4.86. The topological polar surface area (TPSA) is 24.9 Å². The van der Waals surface area contributed by atoms with E-state index in [2.05, 4.69) is 61.4 Å². The Bertz CT molecular complexity index is 552. The van der Waals surface area contributed by atoms with E-state index >= 15 is 0 Å². The number of nitrogens with zero attached hydrogens (tertiary/aromatic N) is 1. The fourth-order valence-corrected chi connectivity index (χ4v) is 2.80. The highest BCUT2D eigenvalue weighted by Gasteiger charge is 2.03. The van der Waals surface area contributed by atoms with Crippen LogP contribution in [0, 0.1) is 13.8 Å². The number of aromatic nitrogens is 1. The van der Waals surface area contributed by atoms with Crippen molar-refractivity contribution in [3.63, 3.8) is 0 Å².